The number of hydrogen-bond acceptors (Lipinski definition) is 2. The topological polar surface area (TPSA) is 25.8 Å². The summed E-state index contributed by atoms with van der Waals surface area (Å²) < 4.78 is 1.86. The van der Waals surface area contributed by atoms with Crippen LogP contribution in [0.3, 0.4) is 0 Å². The average Bonchev–Trinajstić information content (AvgIpc) is 2.36. The first-order chi connectivity index (χ1) is 8.97. The van der Waals surface area contributed by atoms with E-state index in [1.165, 1.54) is 0 Å². The molecule has 0 aliphatic heterocycles. The Morgan fingerprint density at radius 2 is 1.74 bits per heavy atom. The highest BCUT2D eigenvalue weighted by Crippen LogP contribution is 2.29. The fraction of sp³-hybridized carbons (Fsp3) is 0.286. The zero-order valence-corrected chi connectivity index (χ0v) is 14.6. The Hall–Kier alpha value is -0.450. The second kappa shape index (κ2) is 6.33. The van der Waals surface area contributed by atoms with Crippen molar-refractivity contribution in [1.29, 1.82) is 0 Å². The molecule has 0 spiro atoms. The standard InChI is InChI=1S/C14H13Br2ClN2/c1-8(2)13-12(16)14(17)19-11(18-13)7-9-3-5-10(15)6-4-9/h3-6,8H,7H2,1-2H3. The van der Waals surface area contributed by atoms with Crippen molar-refractivity contribution in [3.63, 3.8) is 0 Å². The molecular formula is C14H13Br2ClN2. The lowest BCUT2D eigenvalue weighted by atomic mass is 10.1. The van der Waals surface area contributed by atoms with Crippen molar-refractivity contribution in [3.8, 4) is 0 Å². The average molecular weight is 405 g/mol. The highest BCUT2D eigenvalue weighted by Gasteiger charge is 2.13. The van der Waals surface area contributed by atoms with Crippen LogP contribution in [0.5, 0.6) is 0 Å². The van der Waals surface area contributed by atoms with Gasteiger partial charge >= 0.3 is 0 Å². The molecule has 0 radical (unpaired) electrons. The van der Waals surface area contributed by atoms with Crippen molar-refractivity contribution < 1.29 is 0 Å². The number of nitrogens with zero attached hydrogens (tertiary/aromatic N) is 2. The fourth-order valence-electron chi connectivity index (χ4n) is 1.73. The maximum Gasteiger partial charge on any atom is 0.147 e. The highest BCUT2D eigenvalue weighted by molar-refractivity contribution is 9.10. The minimum Gasteiger partial charge on any atom is -0.236 e. The van der Waals surface area contributed by atoms with Crippen molar-refractivity contribution in [3.05, 3.63) is 55.4 Å². The molecule has 0 aliphatic carbocycles. The molecule has 0 bridgehead atoms. The molecule has 0 N–H and O–H groups in total. The second-order valence-electron chi connectivity index (χ2n) is 4.59. The van der Waals surface area contributed by atoms with Crippen LogP contribution >= 0.6 is 43.5 Å². The third kappa shape index (κ3) is 3.77. The number of aromatic nitrogens is 2. The summed E-state index contributed by atoms with van der Waals surface area (Å²) in [5.74, 6) is 1.05. The molecular weight excluding hydrogens is 391 g/mol. The predicted octanol–water partition coefficient (Wildman–Crippen LogP) is 5.37. The van der Waals surface area contributed by atoms with Gasteiger partial charge in [0.1, 0.15) is 11.0 Å². The molecule has 1 heterocycles. The lowest BCUT2D eigenvalue weighted by Gasteiger charge is -2.11. The van der Waals surface area contributed by atoms with Crippen LogP contribution in [-0.4, -0.2) is 9.97 Å². The summed E-state index contributed by atoms with van der Waals surface area (Å²) in [6.07, 6.45) is 0.681. The van der Waals surface area contributed by atoms with E-state index < -0.39 is 0 Å². The third-order valence-electron chi connectivity index (χ3n) is 2.71. The molecule has 2 rings (SSSR count). The summed E-state index contributed by atoms with van der Waals surface area (Å²) in [6, 6.07) is 8.13. The molecule has 0 saturated carbocycles. The van der Waals surface area contributed by atoms with Crippen LogP contribution in [-0.2, 0) is 6.42 Å². The summed E-state index contributed by atoms with van der Waals surface area (Å²) in [5, 5.41) is 0.478. The number of hydrogen-bond donors (Lipinski definition) is 0. The Morgan fingerprint density at radius 1 is 1.11 bits per heavy atom. The smallest absolute Gasteiger partial charge is 0.147 e. The molecule has 5 heteroatoms. The summed E-state index contributed by atoms with van der Waals surface area (Å²) in [4.78, 5) is 8.93. The summed E-state index contributed by atoms with van der Waals surface area (Å²) in [6.45, 7) is 4.18. The summed E-state index contributed by atoms with van der Waals surface area (Å²) >= 11 is 13.0. The summed E-state index contributed by atoms with van der Waals surface area (Å²) in [7, 11) is 0. The molecule has 0 fully saturated rings. The normalized spacial score (nSPS) is 11.1. The van der Waals surface area contributed by atoms with Gasteiger partial charge in [-0.15, -0.1) is 0 Å². The monoisotopic (exact) mass is 402 g/mol. The van der Waals surface area contributed by atoms with E-state index in [0.29, 0.717) is 17.5 Å². The Balaban J connectivity index is 2.33. The van der Waals surface area contributed by atoms with E-state index in [9.17, 15) is 0 Å². The van der Waals surface area contributed by atoms with Crippen LogP contribution in [0.25, 0.3) is 0 Å². The van der Waals surface area contributed by atoms with Gasteiger partial charge in [0.2, 0.25) is 0 Å². The van der Waals surface area contributed by atoms with E-state index in [1.807, 2.05) is 12.1 Å². The Morgan fingerprint density at radius 3 is 2.32 bits per heavy atom. The zero-order chi connectivity index (χ0) is 14.0. The maximum atomic E-state index is 6.15. The molecule has 0 amide bonds. The van der Waals surface area contributed by atoms with Crippen LogP contribution in [0, 0.1) is 0 Å². The molecule has 0 atom stereocenters. The first-order valence-electron chi connectivity index (χ1n) is 5.93. The lowest BCUT2D eigenvalue weighted by molar-refractivity contribution is 0.784. The number of rotatable bonds is 3. The Bertz CT molecular complexity index is 583. The predicted molar refractivity (Wildman–Crippen MR) is 85.8 cm³/mol. The van der Waals surface area contributed by atoms with E-state index in [-0.39, 0.29) is 0 Å². The summed E-state index contributed by atoms with van der Waals surface area (Å²) in [5.41, 5.74) is 2.11. The van der Waals surface area contributed by atoms with Crippen LogP contribution in [0.1, 0.15) is 36.8 Å². The molecule has 2 nitrogen and oxygen atoms in total. The third-order valence-corrected chi connectivity index (χ3v) is 4.52. The van der Waals surface area contributed by atoms with Crippen molar-refractivity contribution >= 4 is 43.5 Å². The minimum absolute atomic E-state index is 0.304. The minimum atomic E-state index is 0.304. The van der Waals surface area contributed by atoms with E-state index in [2.05, 4.69) is 67.8 Å². The van der Waals surface area contributed by atoms with Crippen molar-refractivity contribution in [2.45, 2.75) is 26.2 Å². The number of benzene rings is 1. The van der Waals surface area contributed by atoms with E-state index in [1.54, 1.807) is 0 Å². The maximum absolute atomic E-state index is 6.15. The van der Waals surface area contributed by atoms with E-state index in [0.717, 1.165) is 26.0 Å². The van der Waals surface area contributed by atoms with Crippen LogP contribution in [0.15, 0.2) is 33.2 Å². The highest BCUT2D eigenvalue weighted by atomic mass is 79.9. The van der Waals surface area contributed by atoms with Gasteiger partial charge in [-0.1, -0.05) is 53.5 Å². The van der Waals surface area contributed by atoms with E-state index in [4.69, 9.17) is 11.6 Å². The molecule has 1 aromatic heterocycles. The zero-order valence-electron chi connectivity index (χ0n) is 10.6. The molecule has 19 heavy (non-hydrogen) atoms. The van der Waals surface area contributed by atoms with Gasteiger partial charge in [0.15, 0.2) is 0 Å². The first kappa shape index (κ1) is 14.9. The van der Waals surface area contributed by atoms with Gasteiger partial charge in [0.25, 0.3) is 0 Å². The lowest BCUT2D eigenvalue weighted by Crippen LogP contribution is -2.04. The van der Waals surface area contributed by atoms with Gasteiger partial charge in [0, 0.05) is 10.9 Å². The van der Waals surface area contributed by atoms with Gasteiger partial charge in [-0.25, -0.2) is 9.97 Å². The molecule has 1 aromatic carbocycles. The van der Waals surface area contributed by atoms with Crippen LogP contribution in [0.4, 0.5) is 0 Å². The van der Waals surface area contributed by atoms with E-state index >= 15 is 0 Å². The van der Waals surface area contributed by atoms with Crippen LogP contribution in [0.2, 0.25) is 5.15 Å². The van der Waals surface area contributed by atoms with Gasteiger partial charge in [-0.3, -0.25) is 0 Å². The van der Waals surface area contributed by atoms with Gasteiger partial charge < -0.3 is 0 Å². The van der Waals surface area contributed by atoms with Crippen molar-refractivity contribution in [2.75, 3.05) is 0 Å². The molecule has 0 aliphatic rings. The van der Waals surface area contributed by atoms with Crippen LogP contribution < -0.4 is 0 Å². The largest absolute Gasteiger partial charge is 0.236 e. The molecule has 0 unspecified atom stereocenters. The van der Waals surface area contributed by atoms with Crippen molar-refractivity contribution in [1.82, 2.24) is 9.97 Å². The van der Waals surface area contributed by atoms with Gasteiger partial charge in [-0.2, -0.15) is 0 Å². The molecule has 2 aromatic rings. The fourth-order valence-corrected chi connectivity index (χ4v) is 2.82. The SMILES string of the molecule is CC(C)c1nc(Cc2ccc(Br)cc2)nc(Cl)c1Br. The Kier molecular flexibility index (Phi) is 4.98. The van der Waals surface area contributed by atoms with Gasteiger partial charge in [-0.05, 0) is 39.5 Å². The second-order valence-corrected chi connectivity index (χ2v) is 6.65. The Labute approximate surface area is 134 Å². The first-order valence-corrected chi connectivity index (χ1v) is 7.90. The number of halogens is 3. The molecule has 100 valence electrons. The van der Waals surface area contributed by atoms with Crippen molar-refractivity contribution in [2.24, 2.45) is 0 Å². The van der Waals surface area contributed by atoms with Gasteiger partial charge in [0.05, 0.1) is 10.2 Å². The quantitative estimate of drug-likeness (QED) is 0.643. The molecule has 0 saturated heterocycles.